The molecule has 0 aliphatic heterocycles. The summed E-state index contributed by atoms with van der Waals surface area (Å²) in [5.41, 5.74) is 0. The SMILES string of the molecule is C1CC[CH]([Sn-]([CH]2CCCCC2)[CH]2CCCCC2)CC1. The van der Waals surface area contributed by atoms with E-state index in [2.05, 4.69) is 0 Å². The topological polar surface area (TPSA) is 0 Å². The second kappa shape index (κ2) is 7.71. The normalized spacial score (nSPS) is 28.9. The molecule has 3 aliphatic rings. The van der Waals surface area contributed by atoms with E-state index in [0.29, 0.717) is 0 Å². The Morgan fingerprint density at radius 1 is 0.368 bits per heavy atom. The Labute approximate surface area is 127 Å². The van der Waals surface area contributed by atoms with Gasteiger partial charge in [0.05, 0.1) is 0 Å². The molecule has 0 radical (unpaired) electrons. The van der Waals surface area contributed by atoms with Gasteiger partial charge in [-0.1, -0.05) is 0 Å². The van der Waals surface area contributed by atoms with E-state index in [1.54, 1.807) is 96.3 Å². The van der Waals surface area contributed by atoms with Crippen molar-refractivity contribution in [3.8, 4) is 0 Å². The van der Waals surface area contributed by atoms with Gasteiger partial charge >= 0.3 is 128 Å². The van der Waals surface area contributed by atoms with Crippen molar-refractivity contribution in [1.82, 2.24) is 0 Å². The van der Waals surface area contributed by atoms with Gasteiger partial charge < -0.3 is 0 Å². The first-order chi connectivity index (χ1) is 9.45. The Balaban J connectivity index is 1.68. The fourth-order valence-electron chi connectivity index (χ4n) is 5.31. The second-order valence-corrected chi connectivity index (χ2v) is 17.3. The molecule has 0 nitrogen and oxygen atoms in total. The van der Waals surface area contributed by atoms with Gasteiger partial charge in [0.15, 0.2) is 0 Å². The van der Waals surface area contributed by atoms with Crippen LogP contribution in [0.3, 0.4) is 0 Å². The standard InChI is InChI=1S/3C6H11.Sn/c3*1-2-4-6-5-3-1;/h3*1H,2-6H2;/q;;;-1. The minimum absolute atomic E-state index is 1.15. The summed E-state index contributed by atoms with van der Waals surface area (Å²) in [6, 6.07) is 0. The Kier molecular flexibility index (Phi) is 5.97. The minimum atomic E-state index is -1.15. The van der Waals surface area contributed by atoms with Gasteiger partial charge in [-0.05, 0) is 0 Å². The fourth-order valence-corrected chi connectivity index (χ4v) is 20.2. The third-order valence-corrected chi connectivity index (χ3v) is 19.2. The molecule has 110 valence electrons. The van der Waals surface area contributed by atoms with Crippen molar-refractivity contribution in [3.63, 3.8) is 0 Å². The van der Waals surface area contributed by atoms with Crippen LogP contribution in [-0.4, -0.2) is 19.8 Å². The molecule has 0 amide bonds. The Morgan fingerprint density at radius 2 is 0.632 bits per heavy atom. The third-order valence-electron chi connectivity index (χ3n) is 6.23. The van der Waals surface area contributed by atoms with Crippen molar-refractivity contribution < 1.29 is 0 Å². The molecular weight excluding hydrogens is 335 g/mol. The van der Waals surface area contributed by atoms with Crippen LogP contribution in [0.2, 0.25) is 11.8 Å². The average Bonchev–Trinajstić information content (AvgIpc) is 2.51. The zero-order valence-corrected chi connectivity index (χ0v) is 15.7. The molecule has 0 atom stereocenters. The van der Waals surface area contributed by atoms with E-state index in [-0.39, 0.29) is 0 Å². The van der Waals surface area contributed by atoms with Crippen molar-refractivity contribution >= 4 is 19.8 Å². The first-order valence-corrected chi connectivity index (χ1v) is 14.3. The maximum atomic E-state index is 1.67. The quantitative estimate of drug-likeness (QED) is 0.500. The van der Waals surface area contributed by atoms with Crippen molar-refractivity contribution in [2.45, 2.75) is 108 Å². The Bertz CT molecular complexity index is 202. The fraction of sp³-hybridized carbons (Fsp3) is 1.00. The van der Waals surface area contributed by atoms with Gasteiger partial charge in [0.25, 0.3) is 0 Å². The van der Waals surface area contributed by atoms with E-state index >= 15 is 0 Å². The summed E-state index contributed by atoms with van der Waals surface area (Å²) in [5, 5.41) is 0. The molecule has 0 aromatic heterocycles. The van der Waals surface area contributed by atoms with Gasteiger partial charge in [-0.25, -0.2) is 0 Å². The van der Waals surface area contributed by atoms with Gasteiger partial charge in [-0.15, -0.1) is 0 Å². The summed E-state index contributed by atoms with van der Waals surface area (Å²) in [5.74, 6) is 0. The van der Waals surface area contributed by atoms with E-state index in [4.69, 9.17) is 0 Å². The summed E-state index contributed by atoms with van der Waals surface area (Å²) < 4.78 is 3.96. The van der Waals surface area contributed by atoms with Crippen LogP contribution < -0.4 is 0 Å². The molecular formula is C18H33Sn-. The Morgan fingerprint density at radius 3 is 0.895 bits per heavy atom. The predicted octanol–water partition coefficient (Wildman–Crippen LogP) is 6.48. The van der Waals surface area contributed by atoms with Crippen molar-refractivity contribution in [3.05, 3.63) is 0 Å². The van der Waals surface area contributed by atoms with E-state index in [1.807, 2.05) is 0 Å². The molecule has 3 rings (SSSR count). The Hall–Kier alpha value is 0.799. The molecule has 0 spiro atoms. The average molecular weight is 368 g/mol. The first kappa shape index (κ1) is 14.7. The molecule has 0 aromatic carbocycles. The summed E-state index contributed by atoms with van der Waals surface area (Å²) in [6.45, 7) is 0. The molecule has 3 fully saturated rings. The number of hydrogen-bond acceptors (Lipinski definition) is 0. The molecule has 0 aromatic rings. The second-order valence-electron chi connectivity index (χ2n) is 7.50. The van der Waals surface area contributed by atoms with E-state index in [1.165, 1.54) is 11.8 Å². The monoisotopic (exact) mass is 369 g/mol. The third kappa shape index (κ3) is 3.92. The summed E-state index contributed by atoms with van der Waals surface area (Å²) in [4.78, 5) is 0. The molecule has 0 heterocycles. The van der Waals surface area contributed by atoms with E-state index in [9.17, 15) is 0 Å². The molecule has 0 saturated heterocycles. The maximum absolute atomic E-state index is 1.67. The number of rotatable bonds is 3. The molecule has 3 saturated carbocycles. The van der Waals surface area contributed by atoms with Crippen LogP contribution in [0, 0.1) is 0 Å². The summed E-state index contributed by atoms with van der Waals surface area (Å²) in [6.07, 6.45) is 24.2. The van der Waals surface area contributed by atoms with Crippen molar-refractivity contribution in [2.24, 2.45) is 0 Å². The van der Waals surface area contributed by atoms with Gasteiger partial charge in [-0.3, -0.25) is 0 Å². The van der Waals surface area contributed by atoms with Crippen LogP contribution in [0.4, 0.5) is 0 Å². The van der Waals surface area contributed by atoms with Crippen LogP contribution in [0.25, 0.3) is 0 Å². The summed E-state index contributed by atoms with van der Waals surface area (Å²) in [7, 11) is 0. The van der Waals surface area contributed by atoms with Crippen molar-refractivity contribution in [1.29, 1.82) is 0 Å². The molecule has 1 heteroatoms. The van der Waals surface area contributed by atoms with Crippen LogP contribution in [0.1, 0.15) is 96.3 Å². The van der Waals surface area contributed by atoms with Gasteiger partial charge in [0, 0.05) is 0 Å². The van der Waals surface area contributed by atoms with E-state index < -0.39 is 19.8 Å². The molecule has 0 N–H and O–H groups in total. The molecule has 19 heavy (non-hydrogen) atoms. The van der Waals surface area contributed by atoms with Crippen LogP contribution >= 0.6 is 0 Å². The van der Waals surface area contributed by atoms with E-state index in [0.717, 1.165) is 0 Å². The van der Waals surface area contributed by atoms with Crippen LogP contribution in [-0.2, 0) is 0 Å². The number of hydrogen-bond donors (Lipinski definition) is 0. The van der Waals surface area contributed by atoms with Crippen LogP contribution in [0.5, 0.6) is 0 Å². The zero-order valence-electron chi connectivity index (χ0n) is 12.8. The van der Waals surface area contributed by atoms with Crippen molar-refractivity contribution in [2.75, 3.05) is 0 Å². The van der Waals surface area contributed by atoms with Gasteiger partial charge in [0.1, 0.15) is 0 Å². The molecule has 0 unspecified atom stereocenters. The molecule has 0 bridgehead atoms. The van der Waals surface area contributed by atoms with Gasteiger partial charge in [-0.2, -0.15) is 0 Å². The molecule has 3 aliphatic carbocycles. The summed E-state index contributed by atoms with van der Waals surface area (Å²) >= 11 is -1.15. The van der Waals surface area contributed by atoms with Gasteiger partial charge in [0.2, 0.25) is 0 Å². The zero-order chi connectivity index (χ0) is 12.9. The first-order valence-electron chi connectivity index (χ1n) is 9.32. The predicted molar refractivity (Wildman–Crippen MR) is 86.3 cm³/mol. The van der Waals surface area contributed by atoms with Crippen LogP contribution in [0.15, 0.2) is 0 Å².